The van der Waals surface area contributed by atoms with Crippen molar-refractivity contribution in [3.05, 3.63) is 66.2 Å². The number of ether oxygens (including phenoxy) is 1. The van der Waals surface area contributed by atoms with Crippen LogP contribution >= 0.6 is 0 Å². The van der Waals surface area contributed by atoms with Crippen molar-refractivity contribution >= 4 is 17.8 Å². The van der Waals surface area contributed by atoms with Crippen LogP contribution in [0.25, 0.3) is 5.78 Å². The summed E-state index contributed by atoms with van der Waals surface area (Å²) >= 11 is 0. The summed E-state index contributed by atoms with van der Waals surface area (Å²) in [5.41, 5.74) is 1.15. The predicted octanol–water partition coefficient (Wildman–Crippen LogP) is 3.31. The van der Waals surface area contributed by atoms with Crippen LogP contribution in [0.15, 0.2) is 55.0 Å². The molecule has 3 aromatic rings. The summed E-state index contributed by atoms with van der Waals surface area (Å²) in [6, 6.07) is 10.4. The van der Waals surface area contributed by atoms with Crippen LogP contribution in [0, 0.1) is 0 Å². The van der Waals surface area contributed by atoms with Crippen molar-refractivity contribution in [1.82, 2.24) is 24.6 Å². The molecule has 8 heteroatoms. The number of alkyl carbamates (subject to hydrolysis) is 1. The molecule has 0 saturated carbocycles. The molecule has 2 amide bonds. The van der Waals surface area contributed by atoms with Crippen molar-refractivity contribution in [2.24, 2.45) is 0 Å². The number of likely N-dealkylation sites (tertiary alicyclic amines) is 1. The van der Waals surface area contributed by atoms with Crippen molar-refractivity contribution in [3.8, 4) is 0 Å². The number of hydrogen-bond donors (Lipinski definition) is 1. The van der Waals surface area contributed by atoms with Gasteiger partial charge in [-0.3, -0.25) is 9.20 Å². The number of hydrogen-bond acceptors (Lipinski definition) is 5. The van der Waals surface area contributed by atoms with E-state index in [2.05, 4.69) is 15.3 Å². The summed E-state index contributed by atoms with van der Waals surface area (Å²) in [4.78, 5) is 36.2. The van der Waals surface area contributed by atoms with Gasteiger partial charge in [0.15, 0.2) is 0 Å². The minimum atomic E-state index is -0.805. The highest BCUT2D eigenvalue weighted by Crippen LogP contribution is 2.29. The van der Waals surface area contributed by atoms with E-state index in [4.69, 9.17) is 4.74 Å². The Kier molecular flexibility index (Phi) is 5.63. The molecular weight excluding hydrogens is 394 g/mol. The minimum absolute atomic E-state index is 0.143. The summed E-state index contributed by atoms with van der Waals surface area (Å²) in [6.45, 7) is 6.56. The van der Waals surface area contributed by atoms with Crippen molar-refractivity contribution in [3.63, 3.8) is 0 Å². The Morgan fingerprint density at radius 1 is 1.13 bits per heavy atom. The van der Waals surface area contributed by atoms with Crippen LogP contribution in [0.1, 0.15) is 50.4 Å². The first kappa shape index (κ1) is 20.8. The molecule has 0 spiro atoms. The van der Waals surface area contributed by atoms with E-state index in [0.717, 1.165) is 17.7 Å². The number of carbonyl (C=O) groups excluding carboxylic acids is 2. The summed E-state index contributed by atoms with van der Waals surface area (Å²) in [5, 5.41) is 2.77. The highest BCUT2D eigenvalue weighted by Gasteiger charge is 2.34. The molecule has 2 aromatic heterocycles. The largest absolute Gasteiger partial charge is 0.444 e. The van der Waals surface area contributed by atoms with Crippen molar-refractivity contribution in [2.45, 2.75) is 44.8 Å². The van der Waals surface area contributed by atoms with Gasteiger partial charge < -0.3 is 15.0 Å². The molecule has 1 N–H and O–H groups in total. The van der Waals surface area contributed by atoms with E-state index in [1.807, 2.05) is 51.9 Å². The number of imidazole rings is 1. The average Bonchev–Trinajstić information content (AvgIpc) is 3.40. The molecule has 0 aliphatic carbocycles. The van der Waals surface area contributed by atoms with Gasteiger partial charge in [0.1, 0.15) is 11.6 Å². The maximum absolute atomic E-state index is 13.5. The highest BCUT2D eigenvalue weighted by atomic mass is 16.6. The normalized spacial score (nSPS) is 17.5. The minimum Gasteiger partial charge on any atom is -0.444 e. The Morgan fingerprint density at radius 2 is 1.87 bits per heavy atom. The number of nitrogens with zero attached hydrogens (tertiary/aromatic N) is 4. The molecule has 1 aromatic carbocycles. The molecule has 4 rings (SSSR count). The first-order valence-electron chi connectivity index (χ1n) is 10.4. The van der Waals surface area contributed by atoms with Crippen LogP contribution in [0.4, 0.5) is 4.79 Å². The second-order valence-electron chi connectivity index (χ2n) is 8.73. The molecule has 1 aliphatic rings. The monoisotopic (exact) mass is 421 g/mol. The van der Waals surface area contributed by atoms with Crippen LogP contribution < -0.4 is 5.32 Å². The van der Waals surface area contributed by atoms with E-state index in [9.17, 15) is 9.59 Å². The molecule has 2 atom stereocenters. The van der Waals surface area contributed by atoms with Gasteiger partial charge in [0.2, 0.25) is 11.7 Å². The van der Waals surface area contributed by atoms with Crippen molar-refractivity contribution < 1.29 is 14.3 Å². The van der Waals surface area contributed by atoms with Crippen LogP contribution in [0.5, 0.6) is 0 Å². The van der Waals surface area contributed by atoms with Crippen LogP contribution in [-0.2, 0) is 9.53 Å². The van der Waals surface area contributed by atoms with Gasteiger partial charge in [0, 0.05) is 43.3 Å². The number of fused-ring (bicyclic) bond motifs is 1. The SMILES string of the molecule is CC(C)(C)OC(=O)N[C@@H](C(=O)N1CC[C@H](c2ccnc3nccn23)C1)c1ccccc1. The fourth-order valence-electron chi connectivity index (χ4n) is 3.93. The first-order chi connectivity index (χ1) is 14.8. The zero-order valence-corrected chi connectivity index (χ0v) is 18.0. The van der Waals surface area contributed by atoms with Gasteiger partial charge >= 0.3 is 6.09 Å². The van der Waals surface area contributed by atoms with Crippen molar-refractivity contribution in [2.75, 3.05) is 13.1 Å². The first-order valence-corrected chi connectivity index (χ1v) is 10.4. The van der Waals surface area contributed by atoms with Gasteiger partial charge in [0.25, 0.3) is 0 Å². The number of carbonyl (C=O) groups is 2. The van der Waals surface area contributed by atoms with Gasteiger partial charge in [-0.25, -0.2) is 14.8 Å². The smallest absolute Gasteiger partial charge is 0.408 e. The number of rotatable bonds is 4. The molecule has 0 radical (unpaired) electrons. The van der Waals surface area contributed by atoms with E-state index >= 15 is 0 Å². The van der Waals surface area contributed by atoms with Gasteiger partial charge in [0.05, 0.1) is 0 Å². The molecule has 8 nitrogen and oxygen atoms in total. The maximum Gasteiger partial charge on any atom is 0.408 e. The van der Waals surface area contributed by atoms with Gasteiger partial charge in [-0.15, -0.1) is 0 Å². The molecule has 1 fully saturated rings. The van der Waals surface area contributed by atoms with E-state index in [1.54, 1.807) is 33.2 Å². The summed E-state index contributed by atoms with van der Waals surface area (Å²) in [6.07, 6.45) is 5.58. The lowest BCUT2D eigenvalue weighted by molar-refractivity contribution is -0.132. The van der Waals surface area contributed by atoms with Crippen LogP contribution in [0.2, 0.25) is 0 Å². The molecular formula is C23H27N5O3. The van der Waals surface area contributed by atoms with Crippen LogP contribution in [0.3, 0.4) is 0 Å². The Balaban J connectivity index is 1.53. The second kappa shape index (κ2) is 8.37. The summed E-state index contributed by atoms with van der Waals surface area (Å²) in [7, 11) is 0. The third kappa shape index (κ3) is 4.68. The Morgan fingerprint density at radius 3 is 2.61 bits per heavy atom. The van der Waals surface area contributed by atoms with Gasteiger partial charge in [-0.1, -0.05) is 30.3 Å². The number of aromatic nitrogens is 3. The second-order valence-corrected chi connectivity index (χ2v) is 8.73. The Hall–Kier alpha value is -3.42. The molecule has 3 heterocycles. The topological polar surface area (TPSA) is 88.8 Å². The molecule has 1 saturated heterocycles. The summed E-state index contributed by atoms with van der Waals surface area (Å²) in [5.74, 6) is 0.674. The third-order valence-electron chi connectivity index (χ3n) is 5.29. The maximum atomic E-state index is 13.5. The molecule has 31 heavy (non-hydrogen) atoms. The zero-order chi connectivity index (χ0) is 22.0. The third-order valence-corrected chi connectivity index (χ3v) is 5.29. The molecule has 0 unspecified atom stereocenters. The molecule has 0 bridgehead atoms. The molecule has 1 aliphatic heterocycles. The van der Waals surface area contributed by atoms with Gasteiger partial charge in [-0.05, 0) is 38.8 Å². The lowest BCUT2D eigenvalue weighted by atomic mass is 10.0. The van der Waals surface area contributed by atoms with Gasteiger partial charge in [-0.2, -0.15) is 0 Å². The highest BCUT2D eigenvalue weighted by molar-refractivity contribution is 5.87. The van der Waals surface area contributed by atoms with Crippen molar-refractivity contribution in [1.29, 1.82) is 0 Å². The fourth-order valence-corrected chi connectivity index (χ4v) is 3.93. The lowest BCUT2D eigenvalue weighted by Crippen LogP contribution is -2.43. The van der Waals surface area contributed by atoms with E-state index in [0.29, 0.717) is 18.9 Å². The van der Waals surface area contributed by atoms with Crippen LogP contribution in [-0.4, -0.2) is 50.0 Å². The number of nitrogens with one attached hydrogen (secondary N) is 1. The number of benzene rings is 1. The lowest BCUT2D eigenvalue weighted by Gasteiger charge is -2.26. The average molecular weight is 422 g/mol. The quantitative estimate of drug-likeness (QED) is 0.698. The summed E-state index contributed by atoms with van der Waals surface area (Å²) < 4.78 is 7.36. The van der Waals surface area contributed by atoms with E-state index in [-0.39, 0.29) is 11.8 Å². The predicted molar refractivity (Wildman–Crippen MR) is 115 cm³/mol. The standard InChI is InChI=1S/C23H27N5O3/c1-23(2,3)31-22(30)26-19(16-7-5-4-6-8-16)20(29)27-13-10-17(15-27)18-9-11-24-21-25-12-14-28(18)21/h4-9,11-12,14,17,19H,10,13,15H2,1-3H3,(H,26,30)/t17-,19+/m0/s1. The Bertz CT molecular complexity index is 1070. The number of amides is 2. The van der Waals surface area contributed by atoms with E-state index in [1.165, 1.54) is 0 Å². The zero-order valence-electron chi connectivity index (χ0n) is 18.0. The van der Waals surface area contributed by atoms with E-state index < -0.39 is 17.7 Å². The Labute approximate surface area is 181 Å². The molecule has 162 valence electrons. The fraction of sp³-hybridized carbons (Fsp3) is 0.391.